The summed E-state index contributed by atoms with van der Waals surface area (Å²) in [6.07, 6.45) is 1.83. The third-order valence-corrected chi connectivity index (χ3v) is 4.49. The molecule has 2 saturated heterocycles. The fraction of sp³-hybridized carbons (Fsp3) is 0.667. The van der Waals surface area contributed by atoms with Crippen molar-refractivity contribution in [3.05, 3.63) is 24.2 Å². The first-order valence-electron chi connectivity index (χ1n) is 7.34. The van der Waals surface area contributed by atoms with Gasteiger partial charge in [0, 0.05) is 32.4 Å². The lowest BCUT2D eigenvalue weighted by Crippen LogP contribution is -2.53. The van der Waals surface area contributed by atoms with Crippen LogP contribution in [0.4, 0.5) is 0 Å². The van der Waals surface area contributed by atoms with Crippen LogP contribution in [0.2, 0.25) is 0 Å². The fourth-order valence-electron chi connectivity index (χ4n) is 3.41. The number of nitrogens with zero attached hydrogens (tertiary/aromatic N) is 2. The first kappa shape index (κ1) is 15.5. The molecule has 7 heteroatoms. The quantitative estimate of drug-likeness (QED) is 0.818. The fourth-order valence-corrected chi connectivity index (χ4v) is 3.41. The van der Waals surface area contributed by atoms with Gasteiger partial charge in [0.25, 0.3) is 0 Å². The number of aliphatic imine (C=N–C) groups is 1. The Balaban J connectivity index is 1.91. The Morgan fingerprint density at radius 2 is 2.32 bits per heavy atom. The van der Waals surface area contributed by atoms with E-state index in [1.165, 1.54) is 0 Å². The maximum atomic E-state index is 6.35. The molecule has 3 rings (SSSR count). The summed E-state index contributed by atoms with van der Waals surface area (Å²) in [6, 6.07) is 0. The summed E-state index contributed by atoms with van der Waals surface area (Å²) in [5.74, 6) is 1.00. The standard InChI is InChI=1S/C15H23N3O4/c1-9-7-18(10(2)17-13(9)16)14-11-12(20-4)15(22-14,8-19-3)5-6-21-11/h7,11-12,14H,2,5-6,8H2,1,3-4H3,(H2,16,17)/t11?,12?,14-,15-/m1/s1. The number of hydrogen-bond acceptors (Lipinski definition) is 7. The van der Waals surface area contributed by atoms with E-state index in [0.717, 1.165) is 12.0 Å². The Hall–Kier alpha value is -1.41. The molecule has 122 valence electrons. The van der Waals surface area contributed by atoms with E-state index in [1.807, 2.05) is 18.0 Å². The van der Waals surface area contributed by atoms with Gasteiger partial charge in [-0.05, 0) is 6.92 Å². The van der Waals surface area contributed by atoms with Gasteiger partial charge in [-0.25, -0.2) is 4.99 Å². The van der Waals surface area contributed by atoms with Gasteiger partial charge in [0.05, 0.1) is 13.2 Å². The molecular formula is C15H23N3O4. The maximum absolute atomic E-state index is 6.35. The molecule has 2 unspecified atom stereocenters. The van der Waals surface area contributed by atoms with E-state index in [2.05, 4.69) is 11.6 Å². The molecule has 0 saturated carbocycles. The summed E-state index contributed by atoms with van der Waals surface area (Å²) in [6.45, 7) is 6.93. The molecule has 22 heavy (non-hydrogen) atoms. The summed E-state index contributed by atoms with van der Waals surface area (Å²) in [5.41, 5.74) is 6.20. The third kappa shape index (κ3) is 2.25. The average molecular weight is 309 g/mol. The van der Waals surface area contributed by atoms with Gasteiger partial charge in [-0.1, -0.05) is 6.58 Å². The van der Waals surface area contributed by atoms with E-state index < -0.39 is 5.60 Å². The largest absolute Gasteiger partial charge is 0.383 e. The summed E-state index contributed by atoms with van der Waals surface area (Å²) < 4.78 is 23.3. The lowest BCUT2D eigenvalue weighted by molar-refractivity contribution is -0.160. The van der Waals surface area contributed by atoms with Crippen molar-refractivity contribution in [1.29, 1.82) is 0 Å². The van der Waals surface area contributed by atoms with Crippen molar-refractivity contribution in [2.24, 2.45) is 10.7 Å². The summed E-state index contributed by atoms with van der Waals surface area (Å²) in [7, 11) is 3.34. The Bertz CT molecular complexity index is 529. The van der Waals surface area contributed by atoms with E-state index in [4.69, 9.17) is 24.7 Å². The number of fused-ring (bicyclic) bond motifs is 2. The highest BCUT2D eigenvalue weighted by Gasteiger charge is 2.60. The van der Waals surface area contributed by atoms with E-state index in [1.54, 1.807) is 14.2 Å². The average Bonchev–Trinajstić information content (AvgIpc) is 2.65. The topological polar surface area (TPSA) is 78.5 Å². The molecule has 0 spiro atoms. The van der Waals surface area contributed by atoms with Crippen LogP contribution in [0.25, 0.3) is 0 Å². The number of ether oxygens (including phenoxy) is 4. The molecular weight excluding hydrogens is 286 g/mol. The van der Waals surface area contributed by atoms with Crippen molar-refractivity contribution < 1.29 is 18.9 Å². The van der Waals surface area contributed by atoms with Crippen molar-refractivity contribution in [3.8, 4) is 0 Å². The molecule has 2 fully saturated rings. The SMILES string of the molecule is C=C1N=C(N)C(C)=CN1[C@@H]1O[C@@]2(COC)CCOC1C2OC. The minimum atomic E-state index is -0.508. The second-order valence-corrected chi connectivity index (χ2v) is 5.88. The van der Waals surface area contributed by atoms with Crippen LogP contribution < -0.4 is 5.73 Å². The van der Waals surface area contributed by atoms with Crippen LogP contribution in [0.1, 0.15) is 13.3 Å². The molecule has 0 aromatic carbocycles. The molecule has 0 aromatic heterocycles. The molecule has 0 aliphatic carbocycles. The monoisotopic (exact) mass is 309 g/mol. The molecule has 3 aliphatic heterocycles. The predicted octanol–water partition coefficient (Wildman–Crippen LogP) is 0.580. The van der Waals surface area contributed by atoms with Crippen LogP contribution in [0.5, 0.6) is 0 Å². The second-order valence-electron chi connectivity index (χ2n) is 5.88. The molecule has 4 atom stereocenters. The van der Waals surface area contributed by atoms with Gasteiger partial charge in [-0.3, -0.25) is 0 Å². The third-order valence-electron chi connectivity index (χ3n) is 4.49. The van der Waals surface area contributed by atoms with E-state index in [-0.39, 0.29) is 18.4 Å². The van der Waals surface area contributed by atoms with Gasteiger partial charge >= 0.3 is 0 Å². The van der Waals surface area contributed by atoms with Crippen LogP contribution in [-0.2, 0) is 18.9 Å². The van der Waals surface area contributed by atoms with Gasteiger partial charge in [0.15, 0.2) is 6.23 Å². The van der Waals surface area contributed by atoms with Crippen molar-refractivity contribution >= 4 is 5.84 Å². The Labute approximate surface area is 130 Å². The minimum Gasteiger partial charge on any atom is -0.383 e. The molecule has 7 nitrogen and oxygen atoms in total. The van der Waals surface area contributed by atoms with Crippen LogP contribution in [0, 0.1) is 0 Å². The maximum Gasteiger partial charge on any atom is 0.165 e. The lowest BCUT2D eigenvalue weighted by atomic mass is 9.90. The molecule has 2 N–H and O–H groups in total. The lowest BCUT2D eigenvalue weighted by Gasteiger charge is -2.37. The van der Waals surface area contributed by atoms with Crippen LogP contribution in [-0.4, -0.2) is 62.2 Å². The normalized spacial score (nSPS) is 38.0. The van der Waals surface area contributed by atoms with Gasteiger partial charge in [0.1, 0.15) is 29.5 Å². The first-order chi connectivity index (χ1) is 10.5. The zero-order chi connectivity index (χ0) is 15.9. The van der Waals surface area contributed by atoms with Crippen LogP contribution in [0.3, 0.4) is 0 Å². The van der Waals surface area contributed by atoms with Gasteiger partial charge in [-0.2, -0.15) is 0 Å². The molecule has 2 bridgehead atoms. The van der Waals surface area contributed by atoms with Crippen molar-refractivity contribution in [2.45, 2.75) is 37.4 Å². The van der Waals surface area contributed by atoms with Gasteiger partial charge in [0.2, 0.25) is 0 Å². The molecule has 3 aliphatic rings. The predicted molar refractivity (Wildman–Crippen MR) is 81.0 cm³/mol. The zero-order valence-electron chi connectivity index (χ0n) is 13.2. The molecule has 0 amide bonds. The molecule has 0 aromatic rings. The highest BCUT2D eigenvalue weighted by Crippen LogP contribution is 2.43. The summed E-state index contributed by atoms with van der Waals surface area (Å²) >= 11 is 0. The highest BCUT2D eigenvalue weighted by molar-refractivity contribution is 5.97. The smallest absolute Gasteiger partial charge is 0.165 e. The number of hydrogen-bond donors (Lipinski definition) is 1. The Morgan fingerprint density at radius 3 is 3.00 bits per heavy atom. The first-order valence-corrected chi connectivity index (χ1v) is 7.34. The molecule has 0 radical (unpaired) electrons. The number of nitrogens with two attached hydrogens (primary N) is 1. The zero-order valence-corrected chi connectivity index (χ0v) is 13.2. The molecule has 3 heterocycles. The Kier molecular flexibility index (Phi) is 3.98. The minimum absolute atomic E-state index is 0.198. The second kappa shape index (κ2) is 5.66. The number of methoxy groups -OCH3 is 2. The highest BCUT2D eigenvalue weighted by atomic mass is 16.6. The van der Waals surface area contributed by atoms with Crippen LogP contribution in [0.15, 0.2) is 29.2 Å². The Morgan fingerprint density at radius 1 is 1.55 bits per heavy atom. The summed E-state index contributed by atoms with van der Waals surface area (Å²) in [4.78, 5) is 6.14. The van der Waals surface area contributed by atoms with Crippen molar-refractivity contribution in [2.75, 3.05) is 27.4 Å². The number of amidine groups is 1. The number of rotatable bonds is 4. The van der Waals surface area contributed by atoms with E-state index in [9.17, 15) is 0 Å². The van der Waals surface area contributed by atoms with E-state index in [0.29, 0.717) is 24.9 Å². The van der Waals surface area contributed by atoms with Gasteiger partial charge < -0.3 is 29.6 Å². The van der Waals surface area contributed by atoms with Crippen molar-refractivity contribution in [3.63, 3.8) is 0 Å². The van der Waals surface area contributed by atoms with Crippen LogP contribution >= 0.6 is 0 Å². The summed E-state index contributed by atoms with van der Waals surface area (Å²) in [5, 5.41) is 0. The van der Waals surface area contributed by atoms with Crippen molar-refractivity contribution in [1.82, 2.24) is 4.90 Å². The van der Waals surface area contributed by atoms with E-state index >= 15 is 0 Å². The van der Waals surface area contributed by atoms with Gasteiger partial charge in [-0.15, -0.1) is 0 Å².